The van der Waals surface area contributed by atoms with Crippen molar-refractivity contribution >= 4 is 17.4 Å². The fourth-order valence-corrected chi connectivity index (χ4v) is 8.63. The molecule has 5 aromatic rings. The van der Waals surface area contributed by atoms with Gasteiger partial charge in [0, 0.05) is 16.8 Å². The number of benzene rings is 5. The third kappa shape index (κ3) is 3.78. The van der Waals surface area contributed by atoms with Gasteiger partial charge in [-0.25, -0.2) is 0 Å². The molecule has 5 aromatic carbocycles. The van der Waals surface area contributed by atoms with Crippen LogP contribution in [0.4, 0.5) is 5.69 Å². The first-order valence-electron chi connectivity index (χ1n) is 16.0. The van der Waals surface area contributed by atoms with E-state index < -0.39 is 10.8 Å². The molecule has 0 aliphatic heterocycles. The number of rotatable bonds is 8. The standard InChI is InChI=1S/C41H38N2O2/c1-4-22-40(32-18-10-6-14-26(32)27-15-7-11-19-33(27)40)38(44)31-24-30-28-16-8-12-20-34(28)41(23-5-2,39(43)45)37(30)25(3)36(31)29-17-9-13-21-35(29)42/h6-21,24H,4-5,22-23,42H2,1-3H3,(H2,43,45). The van der Waals surface area contributed by atoms with Gasteiger partial charge in [-0.15, -0.1) is 0 Å². The Morgan fingerprint density at radius 1 is 0.622 bits per heavy atom. The van der Waals surface area contributed by atoms with E-state index >= 15 is 4.79 Å². The molecule has 0 spiro atoms. The number of Topliss-reactive ketones (excluding diaryl/α,β-unsaturated/α-hetero) is 1. The van der Waals surface area contributed by atoms with E-state index in [-0.39, 0.29) is 11.7 Å². The van der Waals surface area contributed by atoms with Crippen LogP contribution in [0.1, 0.15) is 77.7 Å². The van der Waals surface area contributed by atoms with E-state index in [2.05, 4.69) is 44.2 Å². The number of hydrogen-bond acceptors (Lipinski definition) is 3. The quantitative estimate of drug-likeness (QED) is 0.140. The van der Waals surface area contributed by atoms with Crippen LogP contribution in [-0.2, 0) is 15.6 Å². The summed E-state index contributed by atoms with van der Waals surface area (Å²) in [5, 5.41) is 0. The first kappa shape index (κ1) is 28.8. The van der Waals surface area contributed by atoms with Crippen molar-refractivity contribution in [1.82, 2.24) is 0 Å². The van der Waals surface area contributed by atoms with Gasteiger partial charge in [-0.1, -0.05) is 118 Å². The lowest BCUT2D eigenvalue weighted by Gasteiger charge is -2.34. The average molecular weight is 591 g/mol. The van der Waals surface area contributed by atoms with Crippen LogP contribution in [0.3, 0.4) is 0 Å². The molecule has 2 aliphatic rings. The molecule has 0 saturated heterocycles. The number of para-hydroxylation sites is 1. The first-order chi connectivity index (χ1) is 21.8. The number of primary amides is 1. The minimum atomic E-state index is -1.00. The van der Waals surface area contributed by atoms with Crippen molar-refractivity contribution in [2.24, 2.45) is 5.73 Å². The SMILES string of the molecule is CCCC1(C(=O)c2cc3c(c(C)c2-c2ccccc2N)C(CCC)(C(N)=O)c2ccccc2-3)c2ccccc2-c2ccccc21. The number of anilines is 1. The number of carbonyl (C=O) groups is 2. The van der Waals surface area contributed by atoms with Crippen molar-refractivity contribution in [2.45, 2.75) is 57.3 Å². The van der Waals surface area contributed by atoms with Crippen LogP contribution in [0.25, 0.3) is 33.4 Å². The first-order valence-corrected chi connectivity index (χ1v) is 16.0. The Morgan fingerprint density at radius 3 is 1.58 bits per heavy atom. The van der Waals surface area contributed by atoms with E-state index in [1.165, 1.54) is 0 Å². The highest BCUT2D eigenvalue weighted by molar-refractivity contribution is 6.16. The molecule has 1 amide bonds. The van der Waals surface area contributed by atoms with E-state index in [1.54, 1.807) is 0 Å². The predicted octanol–water partition coefficient (Wildman–Crippen LogP) is 8.75. The zero-order chi connectivity index (χ0) is 31.5. The van der Waals surface area contributed by atoms with E-state index in [4.69, 9.17) is 11.5 Å². The van der Waals surface area contributed by atoms with Crippen molar-refractivity contribution < 1.29 is 9.59 Å². The van der Waals surface area contributed by atoms with Gasteiger partial charge in [0.2, 0.25) is 5.91 Å². The van der Waals surface area contributed by atoms with E-state index in [0.29, 0.717) is 24.1 Å². The molecule has 0 fully saturated rings. The maximum Gasteiger partial charge on any atom is 0.232 e. The second kappa shape index (κ2) is 10.6. The van der Waals surface area contributed by atoms with Crippen molar-refractivity contribution in [1.29, 1.82) is 0 Å². The number of nitrogen functional groups attached to an aromatic ring is 1. The zero-order valence-corrected chi connectivity index (χ0v) is 26.1. The van der Waals surface area contributed by atoms with Crippen molar-refractivity contribution in [3.8, 4) is 33.4 Å². The Morgan fingerprint density at radius 2 is 1.07 bits per heavy atom. The van der Waals surface area contributed by atoms with Crippen molar-refractivity contribution in [2.75, 3.05) is 5.73 Å². The molecule has 0 heterocycles. The molecular formula is C41H38N2O2. The Hall–Kier alpha value is -4.96. The van der Waals surface area contributed by atoms with Crippen LogP contribution in [0.2, 0.25) is 0 Å². The molecule has 2 aliphatic carbocycles. The molecule has 4 heteroatoms. The summed E-state index contributed by atoms with van der Waals surface area (Å²) in [4.78, 5) is 29.4. The third-order valence-electron chi connectivity index (χ3n) is 10.3. The minimum absolute atomic E-state index is 0.0513. The van der Waals surface area contributed by atoms with Gasteiger partial charge in [-0.3, -0.25) is 9.59 Å². The third-order valence-corrected chi connectivity index (χ3v) is 10.3. The number of hydrogen-bond donors (Lipinski definition) is 2. The molecule has 1 atom stereocenters. The van der Waals surface area contributed by atoms with Crippen LogP contribution in [0, 0.1) is 6.92 Å². The van der Waals surface area contributed by atoms with E-state index in [9.17, 15) is 4.79 Å². The van der Waals surface area contributed by atoms with Gasteiger partial charge in [0.1, 0.15) is 5.41 Å². The summed E-state index contributed by atoms with van der Waals surface area (Å²) in [5.41, 5.74) is 22.8. The van der Waals surface area contributed by atoms with Crippen LogP contribution >= 0.6 is 0 Å². The number of ketones is 1. The number of fused-ring (bicyclic) bond motifs is 6. The molecular weight excluding hydrogens is 552 g/mol. The molecule has 0 radical (unpaired) electrons. The summed E-state index contributed by atoms with van der Waals surface area (Å²) in [6.07, 6.45) is 2.83. The lowest BCUT2D eigenvalue weighted by Crippen LogP contribution is -2.41. The topological polar surface area (TPSA) is 86.2 Å². The van der Waals surface area contributed by atoms with E-state index in [1.807, 2.05) is 79.7 Å². The van der Waals surface area contributed by atoms with Gasteiger partial charge in [-0.2, -0.15) is 0 Å². The maximum atomic E-state index is 15.7. The summed E-state index contributed by atoms with van der Waals surface area (Å²) < 4.78 is 0. The summed E-state index contributed by atoms with van der Waals surface area (Å²) in [6, 6.07) is 34.5. The molecule has 0 saturated carbocycles. The highest BCUT2D eigenvalue weighted by atomic mass is 16.1. The molecule has 224 valence electrons. The maximum absolute atomic E-state index is 15.7. The molecule has 0 bridgehead atoms. The average Bonchev–Trinajstić information content (AvgIpc) is 3.51. The molecule has 0 aromatic heterocycles. The molecule has 7 rings (SSSR count). The van der Waals surface area contributed by atoms with Crippen LogP contribution in [-0.4, -0.2) is 11.7 Å². The lowest BCUT2D eigenvalue weighted by atomic mass is 9.67. The van der Waals surface area contributed by atoms with Gasteiger partial charge < -0.3 is 11.5 Å². The highest BCUT2D eigenvalue weighted by Gasteiger charge is 2.52. The largest absolute Gasteiger partial charge is 0.398 e. The van der Waals surface area contributed by atoms with E-state index in [0.717, 1.165) is 74.0 Å². The van der Waals surface area contributed by atoms with Crippen molar-refractivity contribution in [3.63, 3.8) is 0 Å². The molecule has 1 unspecified atom stereocenters. The van der Waals surface area contributed by atoms with Gasteiger partial charge in [0.25, 0.3) is 0 Å². The monoisotopic (exact) mass is 590 g/mol. The number of amides is 1. The van der Waals surface area contributed by atoms with Crippen LogP contribution in [0.5, 0.6) is 0 Å². The normalized spacial score (nSPS) is 16.9. The second-order valence-electron chi connectivity index (χ2n) is 12.6. The Bertz CT molecular complexity index is 1980. The van der Waals surface area contributed by atoms with Gasteiger partial charge in [0.05, 0.1) is 5.41 Å². The van der Waals surface area contributed by atoms with Gasteiger partial charge in [-0.05, 0) is 87.5 Å². The van der Waals surface area contributed by atoms with Crippen LogP contribution < -0.4 is 11.5 Å². The molecule has 4 nitrogen and oxygen atoms in total. The lowest BCUT2D eigenvalue weighted by molar-refractivity contribution is -0.122. The van der Waals surface area contributed by atoms with Gasteiger partial charge >= 0.3 is 0 Å². The summed E-state index contributed by atoms with van der Waals surface area (Å²) in [6.45, 7) is 6.27. The van der Waals surface area contributed by atoms with Crippen molar-refractivity contribution in [3.05, 3.63) is 137 Å². The fourth-order valence-electron chi connectivity index (χ4n) is 8.63. The summed E-state index contributed by atoms with van der Waals surface area (Å²) in [5.74, 6) is -0.318. The number of carbonyl (C=O) groups excluding carboxylic acids is 2. The molecule has 45 heavy (non-hydrogen) atoms. The van der Waals surface area contributed by atoms with Gasteiger partial charge in [0.15, 0.2) is 5.78 Å². The second-order valence-corrected chi connectivity index (χ2v) is 12.6. The Labute approximate surface area is 265 Å². The number of nitrogens with two attached hydrogens (primary N) is 2. The summed E-state index contributed by atoms with van der Waals surface area (Å²) in [7, 11) is 0. The summed E-state index contributed by atoms with van der Waals surface area (Å²) >= 11 is 0. The van der Waals surface area contributed by atoms with Crippen LogP contribution in [0.15, 0.2) is 103 Å². The Kier molecular flexibility index (Phi) is 6.77. The highest BCUT2D eigenvalue weighted by Crippen LogP contribution is 2.58. The smallest absolute Gasteiger partial charge is 0.232 e. The zero-order valence-electron chi connectivity index (χ0n) is 26.1. The molecule has 4 N–H and O–H groups in total. The Balaban J connectivity index is 1.62. The minimum Gasteiger partial charge on any atom is -0.398 e. The fraction of sp³-hybridized carbons (Fsp3) is 0.220. The predicted molar refractivity (Wildman–Crippen MR) is 183 cm³/mol.